The van der Waals surface area contributed by atoms with Gasteiger partial charge in [0.25, 0.3) is 5.56 Å². The normalized spacial score (nSPS) is 11.7. The second-order valence-corrected chi connectivity index (χ2v) is 7.51. The maximum absolute atomic E-state index is 13.3. The predicted octanol–water partition coefficient (Wildman–Crippen LogP) is 1.38. The van der Waals surface area contributed by atoms with Crippen LogP contribution >= 0.6 is 11.6 Å². The van der Waals surface area contributed by atoms with Crippen molar-refractivity contribution >= 4 is 39.5 Å². The summed E-state index contributed by atoms with van der Waals surface area (Å²) in [4.78, 5) is 33.9. The fourth-order valence-electron chi connectivity index (χ4n) is 3.66. The third kappa shape index (κ3) is 2.57. The van der Waals surface area contributed by atoms with E-state index < -0.39 is 11.2 Å². The lowest BCUT2D eigenvalue weighted by Gasteiger charge is -2.07. The number of aromatic nitrogens is 7. The summed E-state index contributed by atoms with van der Waals surface area (Å²) >= 11 is 6.05. The van der Waals surface area contributed by atoms with Crippen molar-refractivity contribution in [3.8, 4) is 5.95 Å². The highest BCUT2D eigenvalue weighted by atomic mass is 35.5. The number of nitrogens with zero attached hydrogens (tertiary/aromatic N) is 6. The highest BCUT2D eigenvalue weighted by molar-refractivity contribution is 6.31. The number of halogens is 1. The SMILES string of the molecule is Cn1c(-n2nccc2N)nc2c1c(=O)n(Cc1cc3cc(Cl)ccc3[nH]1)c(=O)n2C. The van der Waals surface area contributed by atoms with Crippen LogP contribution in [-0.2, 0) is 20.6 Å². The van der Waals surface area contributed by atoms with E-state index in [1.807, 2.05) is 18.2 Å². The zero-order valence-corrected chi connectivity index (χ0v) is 16.9. The molecule has 0 aliphatic rings. The summed E-state index contributed by atoms with van der Waals surface area (Å²) in [7, 11) is 3.27. The van der Waals surface area contributed by atoms with E-state index in [2.05, 4.69) is 15.1 Å². The smallest absolute Gasteiger partial charge is 0.332 e. The largest absolute Gasteiger partial charge is 0.383 e. The molecule has 5 rings (SSSR count). The first-order valence-corrected chi connectivity index (χ1v) is 9.46. The second kappa shape index (κ2) is 6.36. The van der Waals surface area contributed by atoms with E-state index in [0.717, 1.165) is 10.9 Å². The molecule has 0 spiro atoms. The number of H-pyrrole nitrogens is 1. The van der Waals surface area contributed by atoms with Gasteiger partial charge in [-0.05, 0) is 24.3 Å². The standard InChI is InChI=1S/C19H17ClN8O2/c1-25-15-16(24-18(25)28-14(21)5-6-22-28)26(2)19(30)27(17(15)29)9-12-8-10-7-11(20)3-4-13(10)23-12/h3-8,23H,9,21H2,1-2H3. The molecule has 0 amide bonds. The lowest BCUT2D eigenvalue weighted by atomic mass is 10.2. The molecule has 30 heavy (non-hydrogen) atoms. The Balaban J connectivity index is 1.70. The maximum atomic E-state index is 13.3. The van der Waals surface area contributed by atoms with Crippen LogP contribution < -0.4 is 17.0 Å². The first-order valence-electron chi connectivity index (χ1n) is 9.08. The molecule has 0 radical (unpaired) electrons. The van der Waals surface area contributed by atoms with E-state index in [9.17, 15) is 9.59 Å². The number of imidazole rings is 1. The molecule has 0 saturated heterocycles. The van der Waals surface area contributed by atoms with Gasteiger partial charge >= 0.3 is 5.69 Å². The van der Waals surface area contributed by atoms with Crippen molar-refractivity contribution in [1.82, 2.24) is 33.4 Å². The number of rotatable bonds is 3. The molecule has 0 fully saturated rings. The van der Waals surface area contributed by atoms with Crippen LogP contribution in [0.15, 0.2) is 46.1 Å². The molecule has 3 N–H and O–H groups in total. The molecule has 10 nitrogen and oxygen atoms in total. The Hall–Kier alpha value is -3.79. The number of fused-ring (bicyclic) bond motifs is 2. The fraction of sp³-hybridized carbons (Fsp3) is 0.158. The third-order valence-corrected chi connectivity index (χ3v) is 5.40. The Morgan fingerprint density at radius 2 is 1.93 bits per heavy atom. The predicted molar refractivity (Wildman–Crippen MR) is 114 cm³/mol. The van der Waals surface area contributed by atoms with E-state index >= 15 is 0 Å². The second-order valence-electron chi connectivity index (χ2n) is 7.07. The molecule has 1 aromatic carbocycles. The zero-order chi connectivity index (χ0) is 21.2. The molecule has 5 aromatic rings. The minimum atomic E-state index is -0.470. The van der Waals surface area contributed by atoms with Gasteiger partial charge in [-0.2, -0.15) is 14.8 Å². The molecule has 4 heterocycles. The van der Waals surface area contributed by atoms with Crippen LogP contribution in [0.3, 0.4) is 0 Å². The maximum Gasteiger partial charge on any atom is 0.332 e. The summed E-state index contributed by atoms with van der Waals surface area (Å²) in [6.07, 6.45) is 1.54. The molecule has 152 valence electrons. The van der Waals surface area contributed by atoms with Gasteiger partial charge in [0.1, 0.15) is 5.82 Å². The van der Waals surface area contributed by atoms with Crippen molar-refractivity contribution in [3.05, 3.63) is 68.1 Å². The van der Waals surface area contributed by atoms with E-state index in [1.54, 1.807) is 30.8 Å². The average molecular weight is 425 g/mol. The molecule has 4 aromatic heterocycles. The highest BCUT2D eigenvalue weighted by Crippen LogP contribution is 2.20. The molecule has 11 heteroatoms. The van der Waals surface area contributed by atoms with Gasteiger partial charge in [-0.15, -0.1) is 0 Å². The molecule has 0 atom stereocenters. The lowest BCUT2D eigenvalue weighted by Crippen LogP contribution is -2.39. The van der Waals surface area contributed by atoms with Crippen LogP contribution in [0.25, 0.3) is 28.0 Å². The summed E-state index contributed by atoms with van der Waals surface area (Å²) in [6, 6.07) is 8.95. The number of nitrogens with one attached hydrogen (secondary N) is 1. The van der Waals surface area contributed by atoms with Crippen molar-refractivity contribution in [2.45, 2.75) is 6.54 Å². The quantitative estimate of drug-likeness (QED) is 0.453. The van der Waals surface area contributed by atoms with Gasteiger partial charge in [0.05, 0.1) is 12.7 Å². The van der Waals surface area contributed by atoms with Crippen molar-refractivity contribution in [3.63, 3.8) is 0 Å². The summed E-state index contributed by atoms with van der Waals surface area (Å²) in [5.41, 5.74) is 7.14. The molecule has 0 unspecified atom stereocenters. The Labute approximate surface area is 173 Å². The number of aromatic amines is 1. The minimum absolute atomic E-state index is 0.0815. The van der Waals surface area contributed by atoms with Crippen LogP contribution in [-0.4, -0.2) is 33.4 Å². The molecular formula is C19H17ClN8O2. The van der Waals surface area contributed by atoms with Crippen molar-refractivity contribution in [1.29, 1.82) is 0 Å². The molecule has 0 aliphatic carbocycles. The fourth-order valence-corrected chi connectivity index (χ4v) is 3.84. The van der Waals surface area contributed by atoms with Crippen molar-refractivity contribution in [2.75, 3.05) is 5.73 Å². The first-order chi connectivity index (χ1) is 14.3. The van der Waals surface area contributed by atoms with Crippen LogP contribution in [0.2, 0.25) is 5.02 Å². The molecular weight excluding hydrogens is 408 g/mol. The zero-order valence-electron chi connectivity index (χ0n) is 16.1. The highest BCUT2D eigenvalue weighted by Gasteiger charge is 2.21. The Kier molecular flexibility index (Phi) is 3.87. The van der Waals surface area contributed by atoms with Gasteiger partial charge in [0.2, 0.25) is 5.95 Å². The van der Waals surface area contributed by atoms with E-state index in [0.29, 0.717) is 22.5 Å². The summed E-state index contributed by atoms with van der Waals surface area (Å²) < 4.78 is 5.52. The molecule has 0 bridgehead atoms. The summed E-state index contributed by atoms with van der Waals surface area (Å²) in [6.45, 7) is 0.0815. The van der Waals surface area contributed by atoms with E-state index in [-0.39, 0.29) is 17.7 Å². The average Bonchev–Trinajstić information content (AvgIpc) is 3.40. The summed E-state index contributed by atoms with van der Waals surface area (Å²) in [5, 5.41) is 5.66. The lowest BCUT2D eigenvalue weighted by molar-refractivity contribution is 0.648. The number of nitrogens with two attached hydrogens (primary N) is 1. The Morgan fingerprint density at radius 3 is 2.67 bits per heavy atom. The van der Waals surface area contributed by atoms with E-state index in [1.165, 1.54) is 20.0 Å². The Bertz CT molecular complexity index is 1570. The number of benzene rings is 1. The third-order valence-electron chi connectivity index (χ3n) is 5.16. The molecule has 0 saturated carbocycles. The molecule has 0 aliphatic heterocycles. The number of hydrogen-bond donors (Lipinski definition) is 2. The topological polar surface area (TPSA) is 121 Å². The Morgan fingerprint density at radius 1 is 1.13 bits per heavy atom. The van der Waals surface area contributed by atoms with Gasteiger partial charge < -0.3 is 15.3 Å². The van der Waals surface area contributed by atoms with Gasteiger partial charge in [0, 0.05) is 41.8 Å². The number of hydrogen-bond acceptors (Lipinski definition) is 5. The minimum Gasteiger partial charge on any atom is -0.383 e. The monoisotopic (exact) mass is 424 g/mol. The van der Waals surface area contributed by atoms with Gasteiger partial charge in [-0.25, -0.2) is 4.79 Å². The number of nitrogen functional groups attached to an aromatic ring is 1. The number of anilines is 1. The summed E-state index contributed by atoms with van der Waals surface area (Å²) in [5.74, 6) is 0.716. The van der Waals surface area contributed by atoms with E-state index in [4.69, 9.17) is 17.3 Å². The van der Waals surface area contributed by atoms with Gasteiger partial charge in [0.15, 0.2) is 11.2 Å². The van der Waals surface area contributed by atoms with Crippen molar-refractivity contribution < 1.29 is 0 Å². The number of aryl methyl sites for hydroxylation is 2. The van der Waals surface area contributed by atoms with Gasteiger partial charge in [-0.3, -0.25) is 13.9 Å². The van der Waals surface area contributed by atoms with Crippen LogP contribution in [0.1, 0.15) is 5.69 Å². The van der Waals surface area contributed by atoms with Crippen LogP contribution in [0, 0.1) is 0 Å². The van der Waals surface area contributed by atoms with Crippen LogP contribution in [0.4, 0.5) is 5.82 Å². The van der Waals surface area contributed by atoms with Crippen LogP contribution in [0.5, 0.6) is 0 Å². The van der Waals surface area contributed by atoms with Gasteiger partial charge in [-0.1, -0.05) is 11.6 Å². The first kappa shape index (κ1) is 18.3. The van der Waals surface area contributed by atoms with Crippen molar-refractivity contribution in [2.24, 2.45) is 14.1 Å².